The van der Waals surface area contributed by atoms with Crippen LogP contribution in [-0.2, 0) is 0 Å². The zero-order chi connectivity index (χ0) is 14.3. The summed E-state index contributed by atoms with van der Waals surface area (Å²) in [7, 11) is 0. The third-order valence-corrected chi connectivity index (χ3v) is 2.27. The van der Waals surface area contributed by atoms with Crippen LogP contribution in [0, 0.1) is 0 Å². The van der Waals surface area contributed by atoms with Gasteiger partial charge in [-0.15, -0.1) is 0 Å². The first-order chi connectivity index (χ1) is 8.96. The van der Waals surface area contributed by atoms with Crippen LogP contribution in [0.3, 0.4) is 0 Å². The van der Waals surface area contributed by atoms with Crippen molar-refractivity contribution in [3.05, 3.63) is 12.4 Å². The second-order valence-corrected chi connectivity index (χ2v) is 3.95. The number of nitrogens with one attached hydrogen (secondary N) is 1. The van der Waals surface area contributed by atoms with Crippen molar-refractivity contribution in [2.24, 2.45) is 0 Å². The topological polar surface area (TPSA) is 61.3 Å². The van der Waals surface area contributed by atoms with E-state index in [-0.39, 0.29) is 19.0 Å². The molecule has 0 aliphatic rings. The number of hydrogen-bond acceptors (Lipinski definition) is 5. The van der Waals surface area contributed by atoms with Crippen LogP contribution < -0.4 is 10.2 Å². The molecule has 1 rings (SSSR count). The van der Waals surface area contributed by atoms with E-state index in [1.165, 1.54) is 12.4 Å². The van der Waals surface area contributed by atoms with E-state index in [1.807, 2.05) is 6.92 Å². The third-order valence-electron chi connectivity index (χ3n) is 2.27. The van der Waals surface area contributed by atoms with Crippen molar-refractivity contribution in [2.45, 2.75) is 19.5 Å². The summed E-state index contributed by atoms with van der Waals surface area (Å²) in [5.74, 6) is 0.608. The van der Waals surface area contributed by atoms with E-state index in [4.69, 9.17) is 5.11 Å². The summed E-state index contributed by atoms with van der Waals surface area (Å²) >= 11 is 0. The average Bonchev–Trinajstić information content (AvgIpc) is 2.35. The minimum Gasteiger partial charge on any atom is -0.395 e. The molecular weight excluding hydrogens is 261 g/mol. The van der Waals surface area contributed by atoms with Gasteiger partial charge in [-0.3, -0.25) is 0 Å². The zero-order valence-electron chi connectivity index (χ0n) is 10.6. The molecule has 0 spiro atoms. The van der Waals surface area contributed by atoms with Gasteiger partial charge in [-0.2, -0.15) is 13.2 Å². The first kappa shape index (κ1) is 15.5. The fourth-order valence-electron chi connectivity index (χ4n) is 1.48. The highest BCUT2D eigenvalue weighted by Gasteiger charge is 2.31. The summed E-state index contributed by atoms with van der Waals surface area (Å²) in [5.41, 5.74) is 0. The number of hydrogen-bond donors (Lipinski definition) is 2. The molecule has 0 unspecified atom stereocenters. The molecule has 0 radical (unpaired) electrons. The first-order valence-electron chi connectivity index (χ1n) is 5.94. The average molecular weight is 278 g/mol. The number of aliphatic hydroxyl groups excluding tert-OH is 1. The summed E-state index contributed by atoms with van der Waals surface area (Å²) in [5, 5.41) is 11.8. The van der Waals surface area contributed by atoms with Crippen LogP contribution in [0.4, 0.5) is 24.8 Å². The van der Waals surface area contributed by atoms with E-state index in [9.17, 15) is 13.2 Å². The van der Waals surface area contributed by atoms with Gasteiger partial charge in [0.05, 0.1) is 6.61 Å². The Morgan fingerprint density at radius 3 is 2.68 bits per heavy atom. The molecule has 0 saturated carbocycles. The molecule has 0 aliphatic heterocycles. The maximum Gasteiger partial charge on any atom is 0.405 e. The predicted octanol–water partition coefficient (Wildman–Crippen LogP) is 1.66. The summed E-state index contributed by atoms with van der Waals surface area (Å²) in [6, 6.07) is 1.44. The van der Waals surface area contributed by atoms with Crippen LogP contribution in [0.15, 0.2) is 12.4 Å². The van der Waals surface area contributed by atoms with Gasteiger partial charge in [-0.05, 0) is 6.42 Å². The largest absolute Gasteiger partial charge is 0.405 e. The van der Waals surface area contributed by atoms with Crippen molar-refractivity contribution in [2.75, 3.05) is 36.5 Å². The Hall–Kier alpha value is -1.57. The lowest BCUT2D eigenvalue weighted by Gasteiger charge is -2.24. The summed E-state index contributed by atoms with van der Waals surface area (Å²) in [4.78, 5) is 8.71. The quantitative estimate of drug-likeness (QED) is 0.794. The standard InChI is InChI=1S/C11H17F3N4O/c1-2-3-15-9-6-10(17-8-16-9)18(4-5-19)7-11(12,13)14/h6,8,19H,2-5,7H2,1H3,(H,15,16,17). The van der Waals surface area contributed by atoms with Crippen LogP contribution in [0.1, 0.15) is 13.3 Å². The van der Waals surface area contributed by atoms with Gasteiger partial charge in [-0.1, -0.05) is 6.92 Å². The van der Waals surface area contributed by atoms with E-state index >= 15 is 0 Å². The first-order valence-corrected chi connectivity index (χ1v) is 5.94. The molecule has 19 heavy (non-hydrogen) atoms. The van der Waals surface area contributed by atoms with Crippen LogP contribution in [0.2, 0.25) is 0 Å². The van der Waals surface area contributed by atoms with Gasteiger partial charge >= 0.3 is 6.18 Å². The monoisotopic (exact) mass is 278 g/mol. The molecule has 108 valence electrons. The molecule has 0 atom stereocenters. The Balaban J connectivity index is 2.83. The highest BCUT2D eigenvalue weighted by molar-refractivity contribution is 5.48. The van der Waals surface area contributed by atoms with Gasteiger partial charge in [0, 0.05) is 19.2 Å². The molecule has 1 aromatic rings. The molecule has 0 fully saturated rings. The molecule has 0 amide bonds. The normalized spacial score (nSPS) is 11.4. The molecule has 0 aromatic carbocycles. The maximum absolute atomic E-state index is 12.4. The molecule has 1 heterocycles. The lowest BCUT2D eigenvalue weighted by molar-refractivity contribution is -0.120. The Kier molecular flexibility index (Phi) is 5.81. The second kappa shape index (κ2) is 7.13. The van der Waals surface area contributed by atoms with Crippen LogP contribution >= 0.6 is 0 Å². The molecule has 5 nitrogen and oxygen atoms in total. The zero-order valence-corrected chi connectivity index (χ0v) is 10.6. The molecule has 8 heteroatoms. The Morgan fingerprint density at radius 2 is 2.11 bits per heavy atom. The van der Waals surface area contributed by atoms with Gasteiger partial charge in [0.15, 0.2) is 0 Å². The lowest BCUT2D eigenvalue weighted by Crippen LogP contribution is -2.36. The smallest absolute Gasteiger partial charge is 0.395 e. The molecule has 0 saturated heterocycles. The maximum atomic E-state index is 12.4. The Morgan fingerprint density at radius 1 is 1.37 bits per heavy atom. The Labute approximate surface area is 109 Å². The van der Waals surface area contributed by atoms with Crippen molar-refractivity contribution in [3.63, 3.8) is 0 Å². The van der Waals surface area contributed by atoms with E-state index in [2.05, 4.69) is 15.3 Å². The molecule has 0 aliphatic carbocycles. The van der Waals surface area contributed by atoms with Gasteiger partial charge in [0.1, 0.15) is 24.5 Å². The van der Waals surface area contributed by atoms with Gasteiger partial charge in [0.2, 0.25) is 0 Å². The van der Waals surface area contributed by atoms with Crippen LogP contribution in [0.5, 0.6) is 0 Å². The summed E-state index contributed by atoms with van der Waals surface area (Å²) < 4.78 is 37.3. The highest BCUT2D eigenvalue weighted by Crippen LogP contribution is 2.21. The van der Waals surface area contributed by atoms with Crippen molar-refractivity contribution in [1.82, 2.24) is 9.97 Å². The van der Waals surface area contributed by atoms with Gasteiger partial charge < -0.3 is 15.3 Å². The minimum absolute atomic E-state index is 0.135. The predicted molar refractivity (Wildman–Crippen MR) is 66.2 cm³/mol. The number of nitrogens with zero attached hydrogens (tertiary/aromatic N) is 3. The number of anilines is 2. The van der Waals surface area contributed by atoms with Crippen molar-refractivity contribution in [1.29, 1.82) is 0 Å². The van der Waals surface area contributed by atoms with Gasteiger partial charge in [0.25, 0.3) is 0 Å². The number of rotatable bonds is 7. The van der Waals surface area contributed by atoms with E-state index < -0.39 is 12.7 Å². The second-order valence-electron chi connectivity index (χ2n) is 3.95. The summed E-state index contributed by atoms with van der Waals surface area (Å²) in [6.45, 7) is 0.978. The van der Waals surface area contributed by atoms with Gasteiger partial charge in [-0.25, -0.2) is 9.97 Å². The van der Waals surface area contributed by atoms with E-state index in [1.54, 1.807) is 0 Å². The summed E-state index contributed by atoms with van der Waals surface area (Å²) in [6.07, 6.45) is -2.27. The fraction of sp³-hybridized carbons (Fsp3) is 0.636. The molecule has 0 bridgehead atoms. The number of aromatic nitrogens is 2. The third kappa shape index (κ3) is 5.73. The van der Waals surface area contributed by atoms with E-state index in [0.29, 0.717) is 12.4 Å². The van der Waals surface area contributed by atoms with Crippen molar-refractivity contribution in [3.8, 4) is 0 Å². The SMILES string of the molecule is CCCNc1cc(N(CCO)CC(F)(F)F)ncn1. The van der Waals surface area contributed by atoms with E-state index in [0.717, 1.165) is 11.3 Å². The Bertz CT molecular complexity index is 386. The molecular formula is C11H17F3N4O. The highest BCUT2D eigenvalue weighted by atomic mass is 19.4. The van der Waals surface area contributed by atoms with Crippen molar-refractivity contribution < 1.29 is 18.3 Å². The minimum atomic E-state index is -4.35. The number of aliphatic hydroxyl groups is 1. The molecule has 2 N–H and O–H groups in total. The fourth-order valence-corrected chi connectivity index (χ4v) is 1.48. The lowest BCUT2D eigenvalue weighted by atomic mass is 10.4. The number of halogens is 3. The molecule has 1 aromatic heterocycles. The number of alkyl halides is 3. The van der Waals surface area contributed by atoms with Crippen molar-refractivity contribution >= 4 is 11.6 Å². The van der Waals surface area contributed by atoms with Crippen LogP contribution in [0.25, 0.3) is 0 Å². The van der Waals surface area contributed by atoms with Crippen LogP contribution in [-0.4, -0.2) is 47.5 Å².